The van der Waals surface area contributed by atoms with Gasteiger partial charge in [0.15, 0.2) is 5.78 Å². The first-order valence-corrected chi connectivity index (χ1v) is 6.09. The molecular weight excluding hydrogens is 236 g/mol. The second kappa shape index (κ2) is 6.45. The van der Waals surface area contributed by atoms with Gasteiger partial charge < -0.3 is 0 Å². The van der Waals surface area contributed by atoms with Crippen LogP contribution in [0, 0.1) is 0 Å². The topological polar surface area (TPSA) is 34.1 Å². The highest BCUT2D eigenvalue weighted by atomic mass is 16.1. The molecule has 0 saturated heterocycles. The number of hydrogen-bond donors (Lipinski definition) is 0. The lowest BCUT2D eigenvalue weighted by molar-refractivity contribution is 0.0996. The van der Waals surface area contributed by atoms with E-state index in [1.165, 1.54) is 0 Å². The highest BCUT2D eigenvalue weighted by Crippen LogP contribution is 2.08. The fraction of sp³-hybridized carbons (Fsp3) is 0.0588. The zero-order valence-electron chi connectivity index (χ0n) is 10.5. The van der Waals surface area contributed by atoms with E-state index >= 15 is 0 Å². The summed E-state index contributed by atoms with van der Waals surface area (Å²) < 4.78 is 0. The van der Waals surface area contributed by atoms with Crippen LogP contribution in [0.25, 0.3) is 6.08 Å². The van der Waals surface area contributed by atoms with Crippen molar-refractivity contribution >= 4 is 18.1 Å². The summed E-state index contributed by atoms with van der Waals surface area (Å²) in [5.41, 5.74) is 2.16. The first kappa shape index (κ1) is 13.0. The van der Waals surface area contributed by atoms with Crippen molar-refractivity contribution < 1.29 is 9.59 Å². The monoisotopic (exact) mass is 250 g/mol. The van der Waals surface area contributed by atoms with Gasteiger partial charge in [-0.1, -0.05) is 60.7 Å². The summed E-state index contributed by atoms with van der Waals surface area (Å²) in [7, 11) is 0. The Kier molecular flexibility index (Phi) is 4.40. The number of benzene rings is 2. The third-order valence-corrected chi connectivity index (χ3v) is 2.76. The molecule has 0 aromatic heterocycles. The molecule has 2 rings (SSSR count). The van der Waals surface area contributed by atoms with Gasteiger partial charge in [0.1, 0.15) is 6.29 Å². The van der Waals surface area contributed by atoms with Gasteiger partial charge >= 0.3 is 0 Å². The third-order valence-electron chi connectivity index (χ3n) is 2.76. The summed E-state index contributed by atoms with van der Waals surface area (Å²) in [5.74, 6) is 0.0101. The lowest BCUT2D eigenvalue weighted by Crippen LogP contribution is -1.97. The van der Waals surface area contributed by atoms with Crippen LogP contribution in [-0.4, -0.2) is 12.1 Å². The van der Waals surface area contributed by atoms with E-state index in [0.717, 1.165) is 11.8 Å². The maximum Gasteiger partial charge on any atom is 0.166 e. The fourth-order valence-corrected chi connectivity index (χ4v) is 1.77. The maximum absolute atomic E-state index is 11.9. The molecule has 2 heteroatoms. The first-order valence-electron chi connectivity index (χ1n) is 6.09. The first-order chi connectivity index (χ1) is 9.29. The van der Waals surface area contributed by atoms with E-state index in [1.807, 2.05) is 42.5 Å². The lowest BCUT2D eigenvalue weighted by atomic mass is 10.1. The summed E-state index contributed by atoms with van der Waals surface area (Å²) >= 11 is 0. The summed E-state index contributed by atoms with van der Waals surface area (Å²) in [4.78, 5) is 22.6. The molecule has 0 amide bonds. The van der Waals surface area contributed by atoms with Gasteiger partial charge in [-0.25, -0.2) is 0 Å². The Bertz CT molecular complexity index is 598. The van der Waals surface area contributed by atoms with Crippen LogP contribution in [0.4, 0.5) is 0 Å². The molecule has 0 aliphatic rings. The van der Waals surface area contributed by atoms with Crippen LogP contribution < -0.4 is 0 Å². The van der Waals surface area contributed by atoms with Crippen LogP contribution in [0.3, 0.4) is 0 Å². The summed E-state index contributed by atoms with van der Waals surface area (Å²) in [5, 5.41) is 0. The lowest BCUT2D eigenvalue weighted by Gasteiger charge is -1.98. The number of hydrogen-bond acceptors (Lipinski definition) is 2. The molecule has 0 atom stereocenters. The Morgan fingerprint density at radius 2 is 1.68 bits per heavy atom. The van der Waals surface area contributed by atoms with Gasteiger partial charge in [-0.3, -0.25) is 9.59 Å². The molecule has 0 N–H and O–H groups in total. The van der Waals surface area contributed by atoms with Gasteiger partial charge in [0, 0.05) is 17.5 Å². The van der Waals surface area contributed by atoms with Crippen LogP contribution >= 0.6 is 0 Å². The average Bonchev–Trinajstić information content (AvgIpc) is 2.48. The quantitative estimate of drug-likeness (QED) is 0.597. The van der Waals surface area contributed by atoms with Crippen molar-refractivity contribution in [3.63, 3.8) is 0 Å². The maximum atomic E-state index is 11.9. The zero-order valence-corrected chi connectivity index (χ0v) is 10.5. The number of ketones is 1. The Labute approximate surface area is 112 Å². The SMILES string of the molecule is O=Cc1cccc(C(=O)C/C=C/c2ccccc2)c1. The highest BCUT2D eigenvalue weighted by Gasteiger charge is 2.03. The van der Waals surface area contributed by atoms with Crippen LogP contribution in [-0.2, 0) is 0 Å². The van der Waals surface area contributed by atoms with E-state index in [0.29, 0.717) is 17.5 Å². The number of Topliss-reactive ketones (excluding diaryl/α,β-unsaturated/α-hetero) is 1. The van der Waals surface area contributed by atoms with Gasteiger partial charge in [-0.15, -0.1) is 0 Å². The molecule has 2 aromatic rings. The Hall–Kier alpha value is -2.48. The molecule has 0 fully saturated rings. The van der Waals surface area contributed by atoms with Crippen LogP contribution in [0.2, 0.25) is 0 Å². The minimum Gasteiger partial charge on any atom is -0.298 e. The normalized spacial score (nSPS) is 10.5. The second-order valence-corrected chi connectivity index (χ2v) is 4.18. The van der Waals surface area contributed by atoms with E-state index in [9.17, 15) is 9.59 Å². The Morgan fingerprint density at radius 3 is 2.42 bits per heavy atom. The summed E-state index contributed by atoms with van der Waals surface area (Å²) in [6.45, 7) is 0. The molecule has 0 aliphatic carbocycles. The van der Waals surface area contributed by atoms with Crippen LogP contribution in [0.1, 0.15) is 32.7 Å². The van der Waals surface area contributed by atoms with Crippen molar-refractivity contribution in [2.75, 3.05) is 0 Å². The van der Waals surface area contributed by atoms with Crippen molar-refractivity contribution in [1.82, 2.24) is 0 Å². The molecule has 0 spiro atoms. The molecule has 0 bridgehead atoms. The molecule has 0 unspecified atom stereocenters. The smallest absolute Gasteiger partial charge is 0.166 e. The largest absolute Gasteiger partial charge is 0.298 e. The van der Waals surface area contributed by atoms with Gasteiger partial charge in [-0.2, -0.15) is 0 Å². The molecule has 94 valence electrons. The van der Waals surface area contributed by atoms with Crippen LogP contribution in [0.5, 0.6) is 0 Å². The second-order valence-electron chi connectivity index (χ2n) is 4.18. The molecule has 0 aliphatic heterocycles. The van der Waals surface area contributed by atoms with Crippen molar-refractivity contribution in [1.29, 1.82) is 0 Å². The third kappa shape index (κ3) is 3.75. The van der Waals surface area contributed by atoms with Gasteiger partial charge in [0.25, 0.3) is 0 Å². The average molecular weight is 250 g/mol. The van der Waals surface area contributed by atoms with Gasteiger partial charge in [0.05, 0.1) is 0 Å². The number of carbonyl (C=O) groups excluding carboxylic acids is 2. The predicted octanol–water partition coefficient (Wildman–Crippen LogP) is 3.79. The fourth-order valence-electron chi connectivity index (χ4n) is 1.77. The van der Waals surface area contributed by atoms with Crippen molar-refractivity contribution in [3.8, 4) is 0 Å². The summed E-state index contributed by atoms with van der Waals surface area (Å²) in [6.07, 6.45) is 4.83. The van der Waals surface area contributed by atoms with E-state index in [2.05, 4.69) is 0 Å². The standard InChI is InChI=1S/C17H14O2/c18-13-15-9-4-10-16(12-15)17(19)11-5-8-14-6-2-1-3-7-14/h1-10,12-13H,11H2/b8-5+. The number of carbonyl (C=O) groups is 2. The van der Waals surface area contributed by atoms with Gasteiger partial charge in [0.2, 0.25) is 0 Å². The number of allylic oxidation sites excluding steroid dienone is 1. The van der Waals surface area contributed by atoms with E-state index in [4.69, 9.17) is 0 Å². The minimum absolute atomic E-state index is 0.0101. The van der Waals surface area contributed by atoms with Gasteiger partial charge in [-0.05, 0) is 11.6 Å². The molecule has 19 heavy (non-hydrogen) atoms. The van der Waals surface area contributed by atoms with Crippen molar-refractivity contribution in [2.45, 2.75) is 6.42 Å². The summed E-state index contributed by atoms with van der Waals surface area (Å²) in [6, 6.07) is 16.6. The number of aldehydes is 1. The molecule has 0 heterocycles. The van der Waals surface area contributed by atoms with Crippen molar-refractivity contribution in [2.24, 2.45) is 0 Å². The minimum atomic E-state index is 0.0101. The Balaban J connectivity index is 2.01. The van der Waals surface area contributed by atoms with E-state index in [1.54, 1.807) is 24.3 Å². The van der Waals surface area contributed by atoms with E-state index in [-0.39, 0.29) is 5.78 Å². The molecule has 0 radical (unpaired) electrons. The molecule has 0 saturated carbocycles. The molecular formula is C17H14O2. The predicted molar refractivity (Wildman–Crippen MR) is 76.3 cm³/mol. The molecule has 2 nitrogen and oxygen atoms in total. The zero-order chi connectivity index (χ0) is 13.5. The highest BCUT2D eigenvalue weighted by molar-refractivity contribution is 5.98. The molecule has 2 aromatic carbocycles. The van der Waals surface area contributed by atoms with Crippen molar-refractivity contribution in [3.05, 3.63) is 77.4 Å². The number of rotatable bonds is 5. The Morgan fingerprint density at radius 1 is 0.947 bits per heavy atom. The van der Waals surface area contributed by atoms with E-state index < -0.39 is 0 Å². The van der Waals surface area contributed by atoms with Crippen LogP contribution in [0.15, 0.2) is 60.7 Å².